The molecule has 24 heavy (non-hydrogen) atoms. The van der Waals surface area contributed by atoms with Crippen LogP contribution < -0.4 is 10.2 Å². The van der Waals surface area contributed by atoms with E-state index in [9.17, 15) is 13.2 Å². The lowest BCUT2D eigenvalue weighted by atomic mass is 10.1. The molecule has 0 radical (unpaired) electrons. The first-order valence-corrected chi connectivity index (χ1v) is 9.60. The highest BCUT2D eigenvalue weighted by Gasteiger charge is 2.09. The van der Waals surface area contributed by atoms with Gasteiger partial charge in [-0.1, -0.05) is 24.3 Å². The molecule has 0 heterocycles. The van der Waals surface area contributed by atoms with Gasteiger partial charge < -0.3 is 10.2 Å². The third-order valence-corrected chi connectivity index (χ3v) is 4.71. The predicted molar refractivity (Wildman–Crippen MR) is 93.7 cm³/mol. The molecule has 0 fully saturated rings. The van der Waals surface area contributed by atoms with Crippen LogP contribution >= 0.6 is 0 Å². The lowest BCUT2D eigenvalue weighted by Gasteiger charge is -2.09. The first-order chi connectivity index (χ1) is 11.3. The Hall–Kier alpha value is -2.18. The number of amides is 1. The third-order valence-electron chi connectivity index (χ3n) is 3.58. The van der Waals surface area contributed by atoms with Crippen LogP contribution in [-0.4, -0.2) is 34.7 Å². The Kier molecular flexibility index (Phi) is 5.75. The lowest BCUT2D eigenvalue weighted by molar-refractivity contribution is -0.872. The SMILES string of the molecule is C[NH+](C)Cc1ccc(CNC(=O)c2ccc(S(C)(=O)=O)cc2)cc1. The molecule has 2 aromatic carbocycles. The second-order valence-electron chi connectivity index (χ2n) is 6.18. The van der Waals surface area contributed by atoms with E-state index in [0.717, 1.165) is 18.4 Å². The lowest BCUT2D eigenvalue weighted by Crippen LogP contribution is -3.04. The number of quaternary nitrogens is 1. The van der Waals surface area contributed by atoms with Crippen molar-refractivity contribution < 1.29 is 18.1 Å². The number of carbonyl (C=O) groups is 1. The van der Waals surface area contributed by atoms with Gasteiger partial charge in [0.25, 0.3) is 5.91 Å². The monoisotopic (exact) mass is 347 g/mol. The van der Waals surface area contributed by atoms with E-state index >= 15 is 0 Å². The van der Waals surface area contributed by atoms with Crippen LogP contribution in [0.1, 0.15) is 21.5 Å². The van der Waals surface area contributed by atoms with Gasteiger partial charge >= 0.3 is 0 Å². The molecule has 0 bridgehead atoms. The van der Waals surface area contributed by atoms with Gasteiger partial charge in [0.15, 0.2) is 9.84 Å². The highest BCUT2D eigenvalue weighted by atomic mass is 32.2. The summed E-state index contributed by atoms with van der Waals surface area (Å²) >= 11 is 0. The van der Waals surface area contributed by atoms with Gasteiger partial charge in [-0.2, -0.15) is 0 Å². The summed E-state index contributed by atoms with van der Waals surface area (Å²) < 4.78 is 22.8. The van der Waals surface area contributed by atoms with Gasteiger partial charge in [0.2, 0.25) is 0 Å². The number of rotatable bonds is 6. The molecule has 0 aromatic heterocycles. The van der Waals surface area contributed by atoms with Crippen molar-refractivity contribution in [3.63, 3.8) is 0 Å². The number of benzene rings is 2. The second kappa shape index (κ2) is 7.59. The van der Waals surface area contributed by atoms with Gasteiger partial charge in [0, 0.05) is 23.9 Å². The van der Waals surface area contributed by atoms with Crippen molar-refractivity contribution in [2.75, 3.05) is 20.4 Å². The Balaban J connectivity index is 1.95. The smallest absolute Gasteiger partial charge is 0.251 e. The molecule has 0 saturated carbocycles. The van der Waals surface area contributed by atoms with Crippen LogP contribution in [-0.2, 0) is 22.9 Å². The molecule has 0 aliphatic rings. The van der Waals surface area contributed by atoms with Gasteiger partial charge in [-0.25, -0.2) is 8.42 Å². The quantitative estimate of drug-likeness (QED) is 0.807. The largest absolute Gasteiger partial charge is 0.348 e. The van der Waals surface area contributed by atoms with Crippen molar-refractivity contribution in [3.8, 4) is 0 Å². The van der Waals surface area contributed by atoms with E-state index in [1.54, 1.807) is 0 Å². The minimum atomic E-state index is -3.25. The van der Waals surface area contributed by atoms with Crippen molar-refractivity contribution in [1.82, 2.24) is 5.32 Å². The van der Waals surface area contributed by atoms with Crippen LogP contribution in [0.4, 0.5) is 0 Å². The third kappa shape index (κ3) is 5.18. The predicted octanol–water partition coefficient (Wildman–Crippen LogP) is 0.665. The number of hydrogen-bond donors (Lipinski definition) is 2. The molecule has 0 saturated heterocycles. The Bertz CT molecular complexity index is 795. The Morgan fingerprint density at radius 1 is 0.958 bits per heavy atom. The first-order valence-electron chi connectivity index (χ1n) is 7.71. The normalized spacial score (nSPS) is 11.5. The first kappa shape index (κ1) is 18.2. The minimum absolute atomic E-state index is 0.206. The summed E-state index contributed by atoms with van der Waals surface area (Å²) in [5.74, 6) is -0.225. The fourth-order valence-corrected chi connectivity index (χ4v) is 2.95. The van der Waals surface area contributed by atoms with E-state index < -0.39 is 9.84 Å². The molecule has 128 valence electrons. The average Bonchev–Trinajstić information content (AvgIpc) is 2.52. The molecule has 2 aromatic rings. The summed E-state index contributed by atoms with van der Waals surface area (Å²) in [6, 6.07) is 14.1. The van der Waals surface area contributed by atoms with Gasteiger partial charge in [-0.15, -0.1) is 0 Å². The molecule has 0 aliphatic carbocycles. The maximum absolute atomic E-state index is 12.1. The summed E-state index contributed by atoms with van der Waals surface area (Å²) in [7, 11) is 0.954. The molecule has 0 aliphatic heterocycles. The van der Waals surface area contributed by atoms with Crippen LogP contribution in [0.25, 0.3) is 0 Å². The molecular formula is C18H23N2O3S+. The van der Waals surface area contributed by atoms with Gasteiger partial charge in [-0.3, -0.25) is 4.79 Å². The Morgan fingerprint density at radius 3 is 2.00 bits per heavy atom. The topological polar surface area (TPSA) is 67.7 Å². The van der Waals surface area contributed by atoms with E-state index in [1.807, 2.05) is 12.1 Å². The van der Waals surface area contributed by atoms with E-state index in [4.69, 9.17) is 0 Å². The fourth-order valence-electron chi connectivity index (χ4n) is 2.32. The molecule has 0 spiro atoms. The number of hydrogen-bond acceptors (Lipinski definition) is 3. The average molecular weight is 347 g/mol. The van der Waals surface area contributed by atoms with E-state index in [1.165, 1.54) is 34.7 Å². The highest BCUT2D eigenvalue weighted by molar-refractivity contribution is 7.90. The van der Waals surface area contributed by atoms with Crippen LogP contribution in [0.3, 0.4) is 0 Å². The summed E-state index contributed by atoms with van der Waals surface area (Å²) in [5.41, 5.74) is 2.71. The Morgan fingerprint density at radius 2 is 1.50 bits per heavy atom. The maximum atomic E-state index is 12.1. The van der Waals surface area contributed by atoms with E-state index in [0.29, 0.717) is 12.1 Å². The van der Waals surface area contributed by atoms with Crippen LogP contribution in [0.5, 0.6) is 0 Å². The molecule has 0 unspecified atom stereocenters. The van der Waals surface area contributed by atoms with Gasteiger partial charge in [-0.05, 0) is 29.8 Å². The minimum Gasteiger partial charge on any atom is -0.348 e. The number of nitrogens with one attached hydrogen (secondary N) is 2. The molecule has 6 heteroatoms. The summed E-state index contributed by atoms with van der Waals surface area (Å²) in [4.78, 5) is 13.7. The zero-order valence-corrected chi connectivity index (χ0v) is 15.0. The molecule has 2 N–H and O–H groups in total. The Labute approximate surface area is 143 Å². The van der Waals surface area contributed by atoms with Gasteiger partial charge in [0.05, 0.1) is 19.0 Å². The maximum Gasteiger partial charge on any atom is 0.251 e. The second-order valence-corrected chi connectivity index (χ2v) is 8.20. The molecule has 0 atom stereocenters. The highest BCUT2D eigenvalue weighted by Crippen LogP contribution is 2.10. The van der Waals surface area contributed by atoms with Crippen molar-refractivity contribution in [2.45, 2.75) is 18.0 Å². The van der Waals surface area contributed by atoms with Crippen LogP contribution in [0.15, 0.2) is 53.4 Å². The summed E-state index contributed by atoms with van der Waals surface area (Å²) in [6.45, 7) is 1.39. The standard InChI is InChI=1S/C18H22N2O3S/c1-20(2)13-15-6-4-14(5-7-15)12-19-18(21)16-8-10-17(11-9-16)24(3,22)23/h4-11H,12-13H2,1-3H3,(H,19,21)/p+1. The van der Waals surface area contributed by atoms with Crippen LogP contribution in [0.2, 0.25) is 0 Å². The van der Waals surface area contributed by atoms with Gasteiger partial charge in [0.1, 0.15) is 6.54 Å². The van der Waals surface area contributed by atoms with E-state index in [-0.39, 0.29) is 10.8 Å². The number of carbonyl (C=O) groups excluding carboxylic acids is 1. The van der Waals surface area contributed by atoms with E-state index in [2.05, 4.69) is 31.5 Å². The van der Waals surface area contributed by atoms with Crippen LogP contribution in [0, 0.1) is 0 Å². The number of sulfone groups is 1. The zero-order valence-electron chi connectivity index (χ0n) is 14.2. The van der Waals surface area contributed by atoms with Crippen molar-refractivity contribution in [3.05, 3.63) is 65.2 Å². The summed E-state index contributed by atoms with van der Waals surface area (Å²) in [6.07, 6.45) is 1.14. The molecular weight excluding hydrogens is 324 g/mol. The fraction of sp³-hybridized carbons (Fsp3) is 0.278. The van der Waals surface area contributed by atoms with Crippen molar-refractivity contribution >= 4 is 15.7 Å². The molecule has 5 nitrogen and oxygen atoms in total. The molecule has 1 amide bonds. The van der Waals surface area contributed by atoms with Crippen molar-refractivity contribution in [2.24, 2.45) is 0 Å². The van der Waals surface area contributed by atoms with Crippen molar-refractivity contribution in [1.29, 1.82) is 0 Å². The summed E-state index contributed by atoms with van der Waals surface area (Å²) in [5, 5.41) is 2.84. The molecule has 2 rings (SSSR count). The zero-order chi connectivity index (χ0) is 17.7.